The van der Waals surface area contributed by atoms with E-state index in [-0.39, 0.29) is 17.2 Å². The summed E-state index contributed by atoms with van der Waals surface area (Å²) in [6.45, 7) is 3.66. The Morgan fingerprint density at radius 1 is 1.33 bits per heavy atom. The molecule has 0 aliphatic carbocycles. The summed E-state index contributed by atoms with van der Waals surface area (Å²) < 4.78 is 27.0. The van der Waals surface area contributed by atoms with Crippen LogP contribution in [0.1, 0.15) is 11.6 Å². The Labute approximate surface area is 120 Å². The minimum atomic E-state index is -0.943. The summed E-state index contributed by atoms with van der Waals surface area (Å²) in [5, 5.41) is 4.90. The van der Waals surface area contributed by atoms with Crippen LogP contribution in [0.2, 0.25) is 0 Å². The summed E-state index contributed by atoms with van der Waals surface area (Å²) in [5.74, 6) is -2.78. The molecule has 1 saturated heterocycles. The molecule has 0 aromatic heterocycles. The van der Waals surface area contributed by atoms with Crippen molar-refractivity contribution in [3.63, 3.8) is 0 Å². The molecule has 1 aliphatic heterocycles. The van der Waals surface area contributed by atoms with Crippen LogP contribution >= 0.6 is 0 Å². The second-order valence-corrected chi connectivity index (χ2v) is 4.98. The van der Waals surface area contributed by atoms with E-state index in [2.05, 4.69) is 17.2 Å². The number of nitrogens with one attached hydrogen (secondary N) is 2. The highest BCUT2D eigenvalue weighted by Gasteiger charge is 2.39. The van der Waals surface area contributed by atoms with Gasteiger partial charge in [-0.05, 0) is 6.07 Å². The van der Waals surface area contributed by atoms with E-state index in [0.29, 0.717) is 6.07 Å². The minimum Gasteiger partial charge on any atom is -0.348 e. The quantitative estimate of drug-likeness (QED) is 0.869. The second-order valence-electron chi connectivity index (χ2n) is 4.98. The second kappa shape index (κ2) is 5.51. The molecule has 21 heavy (non-hydrogen) atoms. The molecular formula is C14H15F2N3O2. The molecule has 1 aromatic rings. The molecule has 2 atom stereocenters. The number of halogens is 2. The Kier molecular flexibility index (Phi) is 3.93. The van der Waals surface area contributed by atoms with Crippen molar-refractivity contribution in [3.05, 3.63) is 47.7 Å². The molecule has 0 radical (unpaired) electrons. The van der Waals surface area contributed by atoms with Crippen LogP contribution in [0, 0.1) is 17.6 Å². The molecule has 0 unspecified atom stereocenters. The molecule has 112 valence electrons. The van der Waals surface area contributed by atoms with Crippen molar-refractivity contribution in [1.82, 2.24) is 15.5 Å². The number of benzene rings is 1. The van der Waals surface area contributed by atoms with Gasteiger partial charge in [-0.1, -0.05) is 12.6 Å². The van der Waals surface area contributed by atoms with Crippen LogP contribution in [0.4, 0.5) is 13.6 Å². The zero-order valence-corrected chi connectivity index (χ0v) is 11.6. The molecule has 0 bridgehead atoms. The number of rotatable bonds is 2. The Morgan fingerprint density at radius 3 is 2.57 bits per heavy atom. The first kappa shape index (κ1) is 15.0. The van der Waals surface area contributed by atoms with Gasteiger partial charge in [-0.25, -0.2) is 13.6 Å². The van der Waals surface area contributed by atoms with Gasteiger partial charge < -0.3 is 15.5 Å². The third kappa shape index (κ3) is 2.86. The minimum absolute atomic E-state index is 0.0348. The molecule has 2 N–H and O–H groups in total. The molecule has 3 amide bonds. The predicted molar refractivity (Wildman–Crippen MR) is 72.1 cm³/mol. The number of carbonyl (C=O) groups excluding carboxylic acids is 2. The molecular weight excluding hydrogens is 280 g/mol. The molecule has 1 aliphatic rings. The molecule has 7 heteroatoms. The van der Waals surface area contributed by atoms with Gasteiger partial charge in [0.1, 0.15) is 17.6 Å². The predicted octanol–water partition coefficient (Wildman–Crippen LogP) is 1.54. The average Bonchev–Trinajstić information content (AvgIpc) is 2.37. The van der Waals surface area contributed by atoms with Gasteiger partial charge in [-0.2, -0.15) is 0 Å². The monoisotopic (exact) mass is 295 g/mol. The largest absolute Gasteiger partial charge is 0.348 e. The maximum Gasteiger partial charge on any atom is 0.319 e. The van der Waals surface area contributed by atoms with Crippen molar-refractivity contribution in [1.29, 1.82) is 0 Å². The molecule has 0 spiro atoms. The Balaban J connectivity index is 2.47. The number of carbonyl (C=O) groups is 2. The maximum absolute atomic E-state index is 14.0. The lowest BCUT2D eigenvalue weighted by Crippen LogP contribution is -2.53. The van der Waals surface area contributed by atoms with Crippen molar-refractivity contribution >= 4 is 11.9 Å². The average molecular weight is 295 g/mol. The van der Waals surface area contributed by atoms with E-state index in [4.69, 9.17) is 0 Å². The SMILES string of the molecule is C=C1NC(=O)N[C@H](c2ccc(F)cc2F)[C@H]1C(=O)N(C)C. The van der Waals surface area contributed by atoms with Crippen LogP contribution in [-0.4, -0.2) is 30.9 Å². The zero-order chi connectivity index (χ0) is 15.7. The number of amides is 3. The normalized spacial score (nSPS) is 21.5. The van der Waals surface area contributed by atoms with Crippen LogP contribution < -0.4 is 10.6 Å². The lowest BCUT2D eigenvalue weighted by atomic mass is 9.87. The van der Waals surface area contributed by atoms with Crippen LogP contribution in [0.15, 0.2) is 30.5 Å². The highest BCUT2D eigenvalue weighted by atomic mass is 19.1. The van der Waals surface area contributed by atoms with Crippen LogP contribution in [0.25, 0.3) is 0 Å². The third-order valence-corrected chi connectivity index (χ3v) is 3.27. The fourth-order valence-electron chi connectivity index (χ4n) is 2.27. The number of urea groups is 1. The number of hydrogen-bond acceptors (Lipinski definition) is 2. The summed E-state index contributed by atoms with van der Waals surface area (Å²) in [5.41, 5.74) is 0.207. The van der Waals surface area contributed by atoms with Gasteiger partial charge in [0.15, 0.2) is 0 Å². The van der Waals surface area contributed by atoms with E-state index in [1.807, 2.05) is 0 Å². The van der Waals surface area contributed by atoms with Gasteiger partial charge in [-0.15, -0.1) is 0 Å². The van der Waals surface area contributed by atoms with E-state index in [0.717, 1.165) is 6.07 Å². The summed E-state index contributed by atoms with van der Waals surface area (Å²) in [6.07, 6.45) is 0. The van der Waals surface area contributed by atoms with Gasteiger partial charge in [-0.3, -0.25) is 4.79 Å². The standard InChI is InChI=1S/C14H15F2N3O2/c1-7-11(13(20)19(2)3)12(18-14(21)17-7)9-5-4-8(15)6-10(9)16/h4-6,11-12H,1H2,2-3H3,(H2,17,18,21)/t11-,12+/m0/s1. The Bertz CT molecular complexity index is 616. The Hall–Kier alpha value is -2.44. The first-order chi connectivity index (χ1) is 9.81. The fourth-order valence-corrected chi connectivity index (χ4v) is 2.27. The third-order valence-electron chi connectivity index (χ3n) is 3.27. The van der Waals surface area contributed by atoms with Crippen molar-refractivity contribution in [2.75, 3.05) is 14.1 Å². The lowest BCUT2D eigenvalue weighted by molar-refractivity contribution is -0.132. The first-order valence-electron chi connectivity index (χ1n) is 6.23. The summed E-state index contributed by atoms with van der Waals surface area (Å²) in [7, 11) is 3.09. The van der Waals surface area contributed by atoms with Crippen LogP contribution in [0.3, 0.4) is 0 Å². The van der Waals surface area contributed by atoms with Gasteiger partial charge in [0, 0.05) is 31.4 Å². The summed E-state index contributed by atoms with van der Waals surface area (Å²) in [6, 6.07) is 1.47. The molecule has 2 rings (SSSR count). The highest BCUT2D eigenvalue weighted by Crippen LogP contribution is 2.32. The maximum atomic E-state index is 14.0. The van der Waals surface area contributed by atoms with Crippen LogP contribution in [0.5, 0.6) is 0 Å². The summed E-state index contributed by atoms with van der Waals surface area (Å²) in [4.78, 5) is 25.1. The molecule has 5 nitrogen and oxygen atoms in total. The first-order valence-corrected chi connectivity index (χ1v) is 6.23. The number of hydrogen-bond donors (Lipinski definition) is 2. The topological polar surface area (TPSA) is 61.4 Å². The van der Waals surface area contributed by atoms with E-state index in [9.17, 15) is 18.4 Å². The van der Waals surface area contributed by atoms with E-state index < -0.39 is 29.6 Å². The zero-order valence-electron chi connectivity index (χ0n) is 11.6. The highest BCUT2D eigenvalue weighted by molar-refractivity contribution is 5.87. The van der Waals surface area contributed by atoms with E-state index in [1.54, 1.807) is 14.1 Å². The number of nitrogens with zero attached hydrogens (tertiary/aromatic N) is 1. The molecule has 1 heterocycles. The van der Waals surface area contributed by atoms with E-state index >= 15 is 0 Å². The van der Waals surface area contributed by atoms with Crippen molar-refractivity contribution in [2.45, 2.75) is 6.04 Å². The Morgan fingerprint density at radius 2 is 2.00 bits per heavy atom. The van der Waals surface area contributed by atoms with Crippen LogP contribution in [-0.2, 0) is 4.79 Å². The summed E-state index contributed by atoms with van der Waals surface area (Å²) >= 11 is 0. The molecule has 1 aromatic carbocycles. The smallest absolute Gasteiger partial charge is 0.319 e. The van der Waals surface area contributed by atoms with Crippen molar-refractivity contribution < 1.29 is 18.4 Å². The molecule has 0 saturated carbocycles. The molecule has 1 fully saturated rings. The van der Waals surface area contributed by atoms with Crippen molar-refractivity contribution in [2.24, 2.45) is 5.92 Å². The lowest BCUT2D eigenvalue weighted by Gasteiger charge is -2.35. The fraction of sp³-hybridized carbons (Fsp3) is 0.286. The van der Waals surface area contributed by atoms with Gasteiger partial charge in [0.2, 0.25) is 5.91 Å². The van der Waals surface area contributed by atoms with Crippen molar-refractivity contribution in [3.8, 4) is 0 Å². The van der Waals surface area contributed by atoms with E-state index in [1.165, 1.54) is 11.0 Å². The van der Waals surface area contributed by atoms with Gasteiger partial charge >= 0.3 is 6.03 Å². The van der Waals surface area contributed by atoms with Gasteiger partial charge in [0.25, 0.3) is 0 Å². The van der Waals surface area contributed by atoms with Gasteiger partial charge in [0.05, 0.1) is 6.04 Å².